The summed E-state index contributed by atoms with van der Waals surface area (Å²) in [6, 6.07) is 14.5. The lowest BCUT2D eigenvalue weighted by Crippen LogP contribution is -2.03. The highest BCUT2D eigenvalue weighted by Crippen LogP contribution is 2.40. The molecule has 1 saturated carbocycles. The van der Waals surface area contributed by atoms with Gasteiger partial charge in [-0.15, -0.1) is 0 Å². The molecule has 106 valence electrons. The molecule has 4 heteroatoms. The van der Waals surface area contributed by atoms with E-state index in [1.807, 2.05) is 36.4 Å². The second-order valence-corrected chi connectivity index (χ2v) is 6.07. The molecule has 1 heterocycles. The van der Waals surface area contributed by atoms with Gasteiger partial charge in [-0.05, 0) is 42.7 Å². The number of aromatic nitrogens is 2. The first kappa shape index (κ1) is 12.7. The number of imidazole rings is 1. The second-order valence-electron chi connectivity index (χ2n) is 5.66. The van der Waals surface area contributed by atoms with Crippen LogP contribution in [0.15, 0.2) is 42.5 Å². The van der Waals surface area contributed by atoms with Gasteiger partial charge in [-0.2, -0.15) is 0 Å². The summed E-state index contributed by atoms with van der Waals surface area (Å²) in [5, 5.41) is 0.783. The van der Waals surface area contributed by atoms with Crippen molar-refractivity contribution in [3.8, 4) is 0 Å². The number of fused-ring (bicyclic) bond motifs is 1. The van der Waals surface area contributed by atoms with E-state index in [9.17, 15) is 0 Å². The van der Waals surface area contributed by atoms with Crippen LogP contribution in [0.2, 0.25) is 5.02 Å². The zero-order chi connectivity index (χ0) is 14.4. The van der Waals surface area contributed by atoms with Gasteiger partial charge in [0.15, 0.2) is 0 Å². The van der Waals surface area contributed by atoms with Crippen molar-refractivity contribution < 1.29 is 0 Å². The molecule has 0 saturated heterocycles. The van der Waals surface area contributed by atoms with Crippen LogP contribution in [-0.2, 0) is 6.42 Å². The van der Waals surface area contributed by atoms with Gasteiger partial charge in [0.05, 0.1) is 16.1 Å². The monoisotopic (exact) mass is 297 g/mol. The first-order valence-electron chi connectivity index (χ1n) is 7.22. The number of halogens is 1. The minimum atomic E-state index is 0.547. The van der Waals surface area contributed by atoms with Crippen molar-refractivity contribution in [3.05, 3.63) is 58.9 Å². The molecule has 0 radical (unpaired) electrons. The molecule has 3 aromatic rings. The largest absolute Gasteiger partial charge is 0.399 e. The fourth-order valence-electron chi connectivity index (χ4n) is 2.89. The molecule has 1 aliphatic rings. The molecular formula is C17H16ClN3. The molecule has 4 rings (SSSR count). The average molecular weight is 298 g/mol. The number of hydrogen-bond donors (Lipinski definition) is 1. The summed E-state index contributed by atoms with van der Waals surface area (Å²) in [5.41, 5.74) is 9.90. The molecule has 0 spiro atoms. The number of nitrogens with zero attached hydrogens (tertiary/aromatic N) is 2. The fourth-order valence-corrected chi connectivity index (χ4v) is 3.15. The minimum Gasteiger partial charge on any atom is -0.399 e. The van der Waals surface area contributed by atoms with E-state index in [0.29, 0.717) is 6.04 Å². The molecule has 0 bridgehead atoms. The van der Waals surface area contributed by atoms with Gasteiger partial charge >= 0.3 is 0 Å². The molecule has 0 amide bonds. The van der Waals surface area contributed by atoms with Crippen LogP contribution in [0.25, 0.3) is 11.0 Å². The van der Waals surface area contributed by atoms with Crippen LogP contribution >= 0.6 is 11.6 Å². The van der Waals surface area contributed by atoms with E-state index in [-0.39, 0.29) is 0 Å². The van der Waals surface area contributed by atoms with E-state index in [1.165, 1.54) is 18.4 Å². The standard InChI is InChI=1S/C17H16ClN3/c18-14-5-2-6-15-17(14)21(13-7-8-13)16(20-15)10-11-3-1-4-12(19)9-11/h1-6,9,13H,7-8,10,19H2. The molecule has 0 aliphatic heterocycles. The topological polar surface area (TPSA) is 43.8 Å². The van der Waals surface area contributed by atoms with E-state index in [0.717, 1.165) is 34.0 Å². The predicted octanol–water partition coefficient (Wildman–Crippen LogP) is 4.20. The summed E-state index contributed by atoms with van der Waals surface area (Å²) >= 11 is 6.39. The summed E-state index contributed by atoms with van der Waals surface area (Å²) in [6.45, 7) is 0. The maximum atomic E-state index is 6.39. The van der Waals surface area contributed by atoms with Crippen LogP contribution in [0, 0.1) is 0 Å². The minimum absolute atomic E-state index is 0.547. The predicted molar refractivity (Wildman–Crippen MR) is 86.7 cm³/mol. The van der Waals surface area contributed by atoms with Crippen LogP contribution in [0.4, 0.5) is 5.69 Å². The smallest absolute Gasteiger partial charge is 0.114 e. The Kier molecular flexibility index (Phi) is 2.89. The third-order valence-corrected chi connectivity index (χ3v) is 4.26. The van der Waals surface area contributed by atoms with Crippen LogP contribution < -0.4 is 5.73 Å². The Labute approximate surface area is 128 Å². The van der Waals surface area contributed by atoms with Gasteiger partial charge in [-0.25, -0.2) is 4.98 Å². The number of nitrogens with two attached hydrogens (primary N) is 1. The Morgan fingerprint density at radius 2 is 2.00 bits per heavy atom. The molecule has 2 N–H and O–H groups in total. The van der Waals surface area contributed by atoms with Crippen LogP contribution in [0.3, 0.4) is 0 Å². The third-order valence-electron chi connectivity index (χ3n) is 3.96. The summed E-state index contributed by atoms with van der Waals surface area (Å²) in [7, 11) is 0. The zero-order valence-electron chi connectivity index (χ0n) is 11.6. The van der Waals surface area contributed by atoms with Crippen molar-refractivity contribution in [1.82, 2.24) is 9.55 Å². The Balaban J connectivity index is 1.84. The molecule has 0 unspecified atom stereocenters. The lowest BCUT2D eigenvalue weighted by atomic mass is 10.1. The summed E-state index contributed by atoms with van der Waals surface area (Å²) in [6.07, 6.45) is 3.20. The van der Waals surface area contributed by atoms with Crippen LogP contribution in [-0.4, -0.2) is 9.55 Å². The van der Waals surface area contributed by atoms with Gasteiger partial charge in [0.1, 0.15) is 5.82 Å². The number of rotatable bonds is 3. The van der Waals surface area contributed by atoms with Gasteiger partial charge in [0.2, 0.25) is 0 Å². The molecule has 0 atom stereocenters. The van der Waals surface area contributed by atoms with Gasteiger partial charge in [0, 0.05) is 18.2 Å². The van der Waals surface area contributed by atoms with Crippen molar-refractivity contribution >= 4 is 28.3 Å². The first-order chi connectivity index (χ1) is 10.2. The van der Waals surface area contributed by atoms with E-state index in [4.69, 9.17) is 22.3 Å². The highest BCUT2D eigenvalue weighted by Gasteiger charge is 2.29. The van der Waals surface area contributed by atoms with Gasteiger partial charge in [-0.3, -0.25) is 0 Å². The number of para-hydroxylation sites is 1. The van der Waals surface area contributed by atoms with Crippen molar-refractivity contribution in [2.24, 2.45) is 0 Å². The number of benzene rings is 2. The van der Waals surface area contributed by atoms with Crippen molar-refractivity contribution in [1.29, 1.82) is 0 Å². The Morgan fingerprint density at radius 3 is 2.76 bits per heavy atom. The lowest BCUT2D eigenvalue weighted by molar-refractivity contribution is 0.716. The summed E-state index contributed by atoms with van der Waals surface area (Å²) in [5.74, 6) is 1.08. The van der Waals surface area contributed by atoms with Crippen LogP contribution in [0.1, 0.15) is 30.3 Å². The number of nitrogen functional groups attached to an aromatic ring is 1. The molecule has 1 aromatic heterocycles. The molecule has 21 heavy (non-hydrogen) atoms. The Hall–Kier alpha value is -2.00. The van der Waals surface area contributed by atoms with E-state index in [1.54, 1.807) is 0 Å². The summed E-state index contributed by atoms with van der Waals surface area (Å²) < 4.78 is 2.32. The van der Waals surface area contributed by atoms with Gasteiger partial charge < -0.3 is 10.3 Å². The first-order valence-corrected chi connectivity index (χ1v) is 7.60. The third kappa shape index (κ3) is 2.28. The summed E-state index contributed by atoms with van der Waals surface area (Å²) in [4.78, 5) is 4.80. The quantitative estimate of drug-likeness (QED) is 0.736. The molecule has 1 fully saturated rings. The highest BCUT2D eigenvalue weighted by molar-refractivity contribution is 6.35. The van der Waals surface area contributed by atoms with Gasteiger partial charge in [-0.1, -0.05) is 29.8 Å². The normalized spacial score (nSPS) is 14.7. The maximum Gasteiger partial charge on any atom is 0.114 e. The second kappa shape index (κ2) is 4.78. The molecule has 2 aromatic carbocycles. The van der Waals surface area contributed by atoms with E-state index in [2.05, 4.69) is 10.6 Å². The number of anilines is 1. The Bertz CT molecular complexity index is 818. The molecule has 3 nitrogen and oxygen atoms in total. The van der Waals surface area contributed by atoms with Crippen molar-refractivity contribution in [2.45, 2.75) is 25.3 Å². The van der Waals surface area contributed by atoms with Gasteiger partial charge in [0.25, 0.3) is 0 Å². The average Bonchev–Trinajstić information content (AvgIpc) is 3.21. The van der Waals surface area contributed by atoms with E-state index < -0.39 is 0 Å². The molecule has 1 aliphatic carbocycles. The fraction of sp³-hybridized carbons (Fsp3) is 0.235. The maximum absolute atomic E-state index is 6.39. The lowest BCUT2D eigenvalue weighted by Gasteiger charge is -2.09. The highest BCUT2D eigenvalue weighted by atomic mass is 35.5. The number of hydrogen-bond acceptors (Lipinski definition) is 2. The van der Waals surface area contributed by atoms with Crippen LogP contribution in [0.5, 0.6) is 0 Å². The Morgan fingerprint density at radius 1 is 1.19 bits per heavy atom. The van der Waals surface area contributed by atoms with E-state index >= 15 is 0 Å². The SMILES string of the molecule is Nc1cccc(Cc2nc3cccc(Cl)c3n2C2CC2)c1. The van der Waals surface area contributed by atoms with Crippen molar-refractivity contribution in [2.75, 3.05) is 5.73 Å². The zero-order valence-corrected chi connectivity index (χ0v) is 12.3. The molecular weight excluding hydrogens is 282 g/mol. The van der Waals surface area contributed by atoms with Crippen molar-refractivity contribution in [3.63, 3.8) is 0 Å².